The van der Waals surface area contributed by atoms with Gasteiger partial charge in [-0.2, -0.15) is 0 Å². The van der Waals surface area contributed by atoms with Crippen LogP contribution in [0.15, 0.2) is 48.9 Å². The lowest BCUT2D eigenvalue weighted by Crippen LogP contribution is -2.33. The lowest BCUT2D eigenvalue weighted by Gasteiger charge is -2.15. The average molecular weight is 230 g/mol. The molecule has 5 heteroatoms. The van der Waals surface area contributed by atoms with Crippen molar-refractivity contribution in [2.75, 3.05) is 6.61 Å². The lowest BCUT2D eigenvalue weighted by molar-refractivity contribution is 0.264. The van der Waals surface area contributed by atoms with Crippen LogP contribution in [0.5, 0.6) is 5.75 Å². The van der Waals surface area contributed by atoms with E-state index in [2.05, 4.69) is 15.4 Å². The lowest BCUT2D eigenvalue weighted by atomic mass is 10.2. The first-order valence-corrected chi connectivity index (χ1v) is 5.30. The third kappa shape index (κ3) is 3.24. The van der Waals surface area contributed by atoms with Crippen LogP contribution in [-0.2, 0) is 0 Å². The topological polar surface area (TPSA) is 73.1 Å². The van der Waals surface area contributed by atoms with Gasteiger partial charge in [-0.25, -0.2) is 5.43 Å². The average Bonchev–Trinajstić information content (AvgIpc) is 2.42. The van der Waals surface area contributed by atoms with Crippen LogP contribution in [0.3, 0.4) is 0 Å². The highest BCUT2D eigenvalue weighted by atomic mass is 16.5. The Morgan fingerprint density at radius 2 is 2.06 bits per heavy atom. The zero-order chi connectivity index (χ0) is 11.9. The molecule has 1 unspecified atom stereocenters. The molecule has 0 spiro atoms. The Balaban J connectivity index is 1.97. The second-order valence-corrected chi connectivity index (χ2v) is 3.47. The van der Waals surface area contributed by atoms with Crippen molar-refractivity contribution in [2.24, 2.45) is 5.84 Å². The third-order valence-electron chi connectivity index (χ3n) is 2.30. The van der Waals surface area contributed by atoms with Gasteiger partial charge in [-0.1, -0.05) is 18.2 Å². The van der Waals surface area contributed by atoms with E-state index in [4.69, 9.17) is 10.6 Å². The predicted octanol–water partition coefficient (Wildman–Crippen LogP) is 1.06. The van der Waals surface area contributed by atoms with Gasteiger partial charge in [0.05, 0.1) is 17.9 Å². The molecule has 0 saturated carbocycles. The number of para-hydroxylation sites is 1. The fourth-order valence-electron chi connectivity index (χ4n) is 1.41. The molecule has 0 fully saturated rings. The first-order valence-electron chi connectivity index (χ1n) is 5.30. The highest BCUT2D eigenvalue weighted by Gasteiger charge is 2.11. The Morgan fingerprint density at radius 1 is 1.24 bits per heavy atom. The highest BCUT2D eigenvalue weighted by Crippen LogP contribution is 2.13. The van der Waals surface area contributed by atoms with E-state index in [0.717, 1.165) is 11.4 Å². The molecule has 0 aliphatic rings. The highest BCUT2D eigenvalue weighted by molar-refractivity contribution is 5.21. The first kappa shape index (κ1) is 11.5. The van der Waals surface area contributed by atoms with Crippen molar-refractivity contribution in [1.82, 2.24) is 15.4 Å². The van der Waals surface area contributed by atoms with Gasteiger partial charge in [0.25, 0.3) is 0 Å². The molecule has 1 aromatic carbocycles. The maximum absolute atomic E-state index is 5.60. The molecule has 2 rings (SSSR count). The van der Waals surface area contributed by atoms with Gasteiger partial charge >= 0.3 is 0 Å². The summed E-state index contributed by atoms with van der Waals surface area (Å²) >= 11 is 0. The Bertz CT molecular complexity index is 435. The molecule has 2 aromatic rings. The third-order valence-corrected chi connectivity index (χ3v) is 2.30. The van der Waals surface area contributed by atoms with Crippen LogP contribution in [0.1, 0.15) is 11.7 Å². The van der Waals surface area contributed by atoms with Gasteiger partial charge in [-0.15, -0.1) is 0 Å². The van der Waals surface area contributed by atoms with Crippen LogP contribution in [0, 0.1) is 0 Å². The van der Waals surface area contributed by atoms with Gasteiger partial charge in [-0.05, 0) is 12.1 Å². The standard InChI is InChI=1S/C12H14N4O/c13-16-12(11-8-14-6-7-15-11)9-17-10-4-2-1-3-5-10/h1-8,12,16H,9,13H2. The minimum Gasteiger partial charge on any atom is -0.491 e. The van der Waals surface area contributed by atoms with Gasteiger partial charge in [0, 0.05) is 12.4 Å². The molecular weight excluding hydrogens is 216 g/mol. The monoisotopic (exact) mass is 230 g/mol. The van der Waals surface area contributed by atoms with E-state index in [1.54, 1.807) is 18.6 Å². The fourth-order valence-corrected chi connectivity index (χ4v) is 1.41. The van der Waals surface area contributed by atoms with Gasteiger partial charge in [0.15, 0.2) is 0 Å². The first-order chi connectivity index (χ1) is 8.40. The Labute approximate surface area is 99.6 Å². The number of hydrazine groups is 1. The second kappa shape index (κ2) is 5.93. The van der Waals surface area contributed by atoms with E-state index in [-0.39, 0.29) is 6.04 Å². The number of aromatic nitrogens is 2. The molecule has 0 aliphatic carbocycles. The molecule has 17 heavy (non-hydrogen) atoms. The zero-order valence-electron chi connectivity index (χ0n) is 9.28. The van der Waals surface area contributed by atoms with E-state index in [1.807, 2.05) is 30.3 Å². The molecule has 1 heterocycles. The van der Waals surface area contributed by atoms with Crippen LogP contribution in [0.25, 0.3) is 0 Å². The maximum atomic E-state index is 5.60. The van der Waals surface area contributed by atoms with E-state index >= 15 is 0 Å². The van der Waals surface area contributed by atoms with E-state index < -0.39 is 0 Å². The Kier molecular flexibility index (Phi) is 4.01. The van der Waals surface area contributed by atoms with Crippen LogP contribution in [0.4, 0.5) is 0 Å². The summed E-state index contributed by atoms with van der Waals surface area (Å²) < 4.78 is 5.60. The number of ether oxygens (including phenoxy) is 1. The molecule has 5 nitrogen and oxygen atoms in total. The van der Waals surface area contributed by atoms with Gasteiger partial charge in [-0.3, -0.25) is 15.8 Å². The number of nitrogens with two attached hydrogens (primary N) is 1. The Morgan fingerprint density at radius 3 is 2.71 bits per heavy atom. The van der Waals surface area contributed by atoms with Crippen LogP contribution in [-0.4, -0.2) is 16.6 Å². The number of hydrogen-bond acceptors (Lipinski definition) is 5. The molecule has 3 N–H and O–H groups in total. The van der Waals surface area contributed by atoms with Gasteiger partial charge in [0.1, 0.15) is 12.4 Å². The molecular formula is C12H14N4O. The second-order valence-electron chi connectivity index (χ2n) is 3.47. The molecule has 0 aliphatic heterocycles. The van der Waals surface area contributed by atoms with Crippen molar-refractivity contribution in [3.05, 3.63) is 54.6 Å². The zero-order valence-corrected chi connectivity index (χ0v) is 9.28. The van der Waals surface area contributed by atoms with E-state index in [1.165, 1.54) is 0 Å². The normalized spacial score (nSPS) is 12.1. The van der Waals surface area contributed by atoms with Crippen LogP contribution >= 0.6 is 0 Å². The fraction of sp³-hybridized carbons (Fsp3) is 0.167. The summed E-state index contributed by atoms with van der Waals surface area (Å²) in [6.45, 7) is 0.402. The number of hydrogen-bond donors (Lipinski definition) is 2. The molecule has 0 saturated heterocycles. The van der Waals surface area contributed by atoms with E-state index in [9.17, 15) is 0 Å². The molecule has 1 atom stereocenters. The largest absolute Gasteiger partial charge is 0.491 e. The molecule has 1 aromatic heterocycles. The van der Waals surface area contributed by atoms with Crippen molar-refractivity contribution >= 4 is 0 Å². The van der Waals surface area contributed by atoms with Crippen molar-refractivity contribution < 1.29 is 4.74 Å². The summed E-state index contributed by atoms with van der Waals surface area (Å²) in [5.41, 5.74) is 3.42. The number of nitrogens with one attached hydrogen (secondary N) is 1. The number of nitrogens with zero attached hydrogens (tertiary/aromatic N) is 2. The quantitative estimate of drug-likeness (QED) is 0.593. The Hall–Kier alpha value is -1.98. The number of benzene rings is 1. The number of rotatable bonds is 5. The van der Waals surface area contributed by atoms with E-state index in [0.29, 0.717) is 6.61 Å². The predicted molar refractivity (Wildman–Crippen MR) is 64.0 cm³/mol. The minimum atomic E-state index is -0.177. The van der Waals surface area contributed by atoms with Crippen molar-refractivity contribution in [2.45, 2.75) is 6.04 Å². The van der Waals surface area contributed by atoms with Gasteiger partial charge < -0.3 is 4.74 Å². The molecule has 0 radical (unpaired) electrons. The molecule has 88 valence electrons. The summed E-state index contributed by atoms with van der Waals surface area (Å²) in [7, 11) is 0. The summed E-state index contributed by atoms with van der Waals surface area (Å²) in [4.78, 5) is 8.17. The van der Waals surface area contributed by atoms with Crippen molar-refractivity contribution in [1.29, 1.82) is 0 Å². The van der Waals surface area contributed by atoms with Crippen molar-refractivity contribution in [3.63, 3.8) is 0 Å². The van der Waals surface area contributed by atoms with Gasteiger partial charge in [0.2, 0.25) is 0 Å². The summed E-state index contributed by atoms with van der Waals surface area (Å²) in [5.74, 6) is 6.27. The molecule has 0 amide bonds. The van der Waals surface area contributed by atoms with Crippen LogP contribution < -0.4 is 16.0 Å². The van der Waals surface area contributed by atoms with Crippen molar-refractivity contribution in [3.8, 4) is 5.75 Å². The SMILES string of the molecule is NNC(COc1ccccc1)c1cnccn1. The smallest absolute Gasteiger partial charge is 0.119 e. The van der Waals surface area contributed by atoms with Crippen LogP contribution in [0.2, 0.25) is 0 Å². The molecule has 0 bridgehead atoms. The summed E-state index contributed by atoms with van der Waals surface area (Å²) in [6, 6.07) is 9.39. The maximum Gasteiger partial charge on any atom is 0.119 e. The summed E-state index contributed by atoms with van der Waals surface area (Å²) in [5, 5.41) is 0. The minimum absolute atomic E-state index is 0.177. The summed E-state index contributed by atoms with van der Waals surface area (Å²) in [6.07, 6.45) is 4.91.